The number of carbonyl (C=O) groups is 1. The third kappa shape index (κ3) is 4.57. The van der Waals surface area contributed by atoms with Gasteiger partial charge in [-0.2, -0.15) is 0 Å². The number of nitrogens with zero attached hydrogens (tertiary/aromatic N) is 1. The molecule has 7 nitrogen and oxygen atoms in total. The number of aromatic nitrogens is 1. The lowest BCUT2D eigenvalue weighted by Crippen LogP contribution is -2.30. The van der Waals surface area contributed by atoms with E-state index in [2.05, 4.69) is 15.6 Å². The van der Waals surface area contributed by atoms with E-state index in [1.807, 2.05) is 24.3 Å². The number of anilines is 1. The number of rotatable bonds is 8. The minimum absolute atomic E-state index is 0.00999. The molecule has 146 valence electrons. The first kappa shape index (κ1) is 19.6. The highest BCUT2D eigenvalue weighted by atomic mass is 16.5. The van der Waals surface area contributed by atoms with E-state index < -0.39 is 6.04 Å². The van der Waals surface area contributed by atoms with Crippen LogP contribution in [-0.2, 0) is 0 Å². The van der Waals surface area contributed by atoms with Crippen molar-refractivity contribution in [3.8, 4) is 5.75 Å². The van der Waals surface area contributed by atoms with Gasteiger partial charge in [-0.3, -0.25) is 4.79 Å². The van der Waals surface area contributed by atoms with Crippen LogP contribution in [0.5, 0.6) is 5.75 Å². The van der Waals surface area contributed by atoms with E-state index in [-0.39, 0.29) is 19.1 Å². The number of fused-ring (bicyclic) bond motifs is 1. The van der Waals surface area contributed by atoms with E-state index in [0.29, 0.717) is 23.7 Å². The van der Waals surface area contributed by atoms with Crippen molar-refractivity contribution >= 4 is 22.5 Å². The molecule has 7 heteroatoms. The maximum absolute atomic E-state index is 12.7. The van der Waals surface area contributed by atoms with Gasteiger partial charge in [-0.15, -0.1) is 0 Å². The van der Waals surface area contributed by atoms with Crippen molar-refractivity contribution in [1.29, 1.82) is 0 Å². The Kier molecular flexibility index (Phi) is 6.41. The fourth-order valence-electron chi connectivity index (χ4n) is 2.88. The largest absolute Gasteiger partial charge is 0.497 e. The lowest BCUT2D eigenvalue weighted by atomic mass is 10.1. The number of hydrogen-bond acceptors (Lipinski definition) is 6. The molecule has 0 fully saturated rings. The van der Waals surface area contributed by atoms with Gasteiger partial charge in [0.1, 0.15) is 11.6 Å². The van der Waals surface area contributed by atoms with E-state index in [4.69, 9.17) is 9.84 Å². The number of amides is 1. The molecule has 3 aromatic rings. The van der Waals surface area contributed by atoms with Crippen LogP contribution in [-0.4, -0.2) is 48.0 Å². The molecular formula is C21H23N3O4. The van der Waals surface area contributed by atoms with E-state index >= 15 is 0 Å². The van der Waals surface area contributed by atoms with Crippen LogP contribution in [0, 0.1) is 0 Å². The second-order valence-electron chi connectivity index (χ2n) is 6.26. The van der Waals surface area contributed by atoms with Crippen molar-refractivity contribution in [3.63, 3.8) is 0 Å². The third-order valence-corrected chi connectivity index (χ3v) is 4.41. The molecule has 0 aliphatic heterocycles. The van der Waals surface area contributed by atoms with Crippen LogP contribution in [0.1, 0.15) is 22.0 Å². The molecule has 0 saturated carbocycles. The van der Waals surface area contributed by atoms with Gasteiger partial charge in [-0.1, -0.05) is 18.2 Å². The summed E-state index contributed by atoms with van der Waals surface area (Å²) in [5.41, 5.74) is 1.27. The highest BCUT2D eigenvalue weighted by molar-refractivity contribution is 5.99. The van der Waals surface area contributed by atoms with Crippen molar-refractivity contribution in [2.75, 3.05) is 32.2 Å². The fourth-order valence-corrected chi connectivity index (χ4v) is 2.88. The Balaban J connectivity index is 1.78. The Hall–Kier alpha value is -3.16. The molecule has 2 aromatic carbocycles. The van der Waals surface area contributed by atoms with Gasteiger partial charge in [0, 0.05) is 23.7 Å². The molecule has 0 aliphatic rings. The number of methoxy groups -OCH3 is 1. The fraction of sp³-hybridized carbons (Fsp3) is 0.238. The lowest BCUT2D eigenvalue weighted by molar-refractivity contribution is 0.0916. The van der Waals surface area contributed by atoms with Gasteiger partial charge in [0.15, 0.2) is 0 Å². The summed E-state index contributed by atoms with van der Waals surface area (Å²) in [5.74, 6) is 1.06. The Morgan fingerprint density at radius 3 is 2.57 bits per heavy atom. The monoisotopic (exact) mass is 381 g/mol. The zero-order valence-corrected chi connectivity index (χ0v) is 15.6. The zero-order valence-electron chi connectivity index (χ0n) is 15.6. The number of nitrogens with one attached hydrogen (secondary N) is 2. The van der Waals surface area contributed by atoms with E-state index in [9.17, 15) is 9.90 Å². The van der Waals surface area contributed by atoms with Gasteiger partial charge in [0.25, 0.3) is 5.91 Å². The number of benzene rings is 2. The molecule has 3 rings (SSSR count). The summed E-state index contributed by atoms with van der Waals surface area (Å²) >= 11 is 0. The van der Waals surface area contributed by atoms with Crippen molar-refractivity contribution in [2.45, 2.75) is 6.04 Å². The molecule has 0 radical (unpaired) electrons. The molecular weight excluding hydrogens is 358 g/mol. The van der Waals surface area contributed by atoms with Gasteiger partial charge in [-0.25, -0.2) is 4.98 Å². The first-order valence-corrected chi connectivity index (χ1v) is 8.95. The Morgan fingerprint density at radius 2 is 1.89 bits per heavy atom. The van der Waals surface area contributed by atoms with Gasteiger partial charge in [0.05, 0.1) is 26.4 Å². The standard InChI is InChI=1S/C21H23N3O4/c1-28-18-6-4-14(5-7-18)19(13-26)24-21(27)15-2-3-16-12-23-20(22-8-9-25)11-17(16)10-15/h2-7,10-12,19,25-26H,8-9,13H2,1H3,(H,22,23)(H,24,27). The van der Waals surface area contributed by atoms with Gasteiger partial charge < -0.3 is 25.6 Å². The van der Waals surface area contributed by atoms with E-state index in [0.717, 1.165) is 16.3 Å². The molecule has 1 aromatic heterocycles. The normalized spacial score (nSPS) is 11.8. The smallest absolute Gasteiger partial charge is 0.251 e. The zero-order chi connectivity index (χ0) is 19.9. The van der Waals surface area contributed by atoms with Crippen LogP contribution in [0.3, 0.4) is 0 Å². The van der Waals surface area contributed by atoms with Crippen LogP contribution in [0.4, 0.5) is 5.82 Å². The van der Waals surface area contributed by atoms with Crippen LogP contribution in [0.25, 0.3) is 10.8 Å². The Bertz CT molecular complexity index is 944. The van der Waals surface area contributed by atoms with Crippen LogP contribution >= 0.6 is 0 Å². The summed E-state index contributed by atoms with van der Waals surface area (Å²) in [5, 5.41) is 26.2. The van der Waals surface area contributed by atoms with Gasteiger partial charge in [-0.05, 0) is 41.3 Å². The minimum Gasteiger partial charge on any atom is -0.497 e. The summed E-state index contributed by atoms with van der Waals surface area (Å²) in [7, 11) is 1.58. The topological polar surface area (TPSA) is 104 Å². The minimum atomic E-state index is -0.520. The van der Waals surface area contributed by atoms with Crippen molar-refractivity contribution in [1.82, 2.24) is 10.3 Å². The summed E-state index contributed by atoms with van der Waals surface area (Å²) in [6.07, 6.45) is 1.71. The number of pyridine rings is 1. The molecule has 1 unspecified atom stereocenters. The van der Waals surface area contributed by atoms with Crippen molar-refractivity contribution < 1.29 is 19.7 Å². The van der Waals surface area contributed by atoms with Crippen molar-refractivity contribution in [2.24, 2.45) is 0 Å². The Labute approximate surface area is 163 Å². The van der Waals surface area contributed by atoms with Crippen LogP contribution < -0.4 is 15.4 Å². The molecule has 0 aliphatic carbocycles. The molecule has 1 heterocycles. The van der Waals surface area contributed by atoms with Gasteiger partial charge >= 0.3 is 0 Å². The predicted molar refractivity (Wildman–Crippen MR) is 108 cm³/mol. The quantitative estimate of drug-likeness (QED) is 0.477. The molecule has 4 N–H and O–H groups in total. The average Bonchev–Trinajstić information content (AvgIpc) is 2.75. The van der Waals surface area contributed by atoms with Crippen molar-refractivity contribution in [3.05, 3.63) is 65.9 Å². The van der Waals surface area contributed by atoms with Crippen LogP contribution in [0.15, 0.2) is 54.7 Å². The second-order valence-corrected chi connectivity index (χ2v) is 6.26. The van der Waals surface area contributed by atoms with Gasteiger partial charge in [0.2, 0.25) is 0 Å². The number of aliphatic hydroxyl groups is 2. The number of aliphatic hydroxyl groups excluding tert-OH is 2. The maximum atomic E-state index is 12.7. The summed E-state index contributed by atoms with van der Waals surface area (Å²) in [6, 6.07) is 13.8. The highest BCUT2D eigenvalue weighted by Crippen LogP contribution is 2.21. The summed E-state index contributed by atoms with van der Waals surface area (Å²) < 4.78 is 5.13. The number of carbonyl (C=O) groups excluding carboxylic acids is 1. The molecule has 0 spiro atoms. The maximum Gasteiger partial charge on any atom is 0.251 e. The van der Waals surface area contributed by atoms with Crippen LogP contribution in [0.2, 0.25) is 0 Å². The third-order valence-electron chi connectivity index (χ3n) is 4.41. The SMILES string of the molecule is COc1ccc(C(CO)NC(=O)c2ccc3cnc(NCCO)cc3c2)cc1. The number of ether oxygens (including phenoxy) is 1. The molecule has 28 heavy (non-hydrogen) atoms. The molecule has 1 amide bonds. The molecule has 1 atom stereocenters. The lowest BCUT2D eigenvalue weighted by Gasteiger charge is -2.17. The van der Waals surface area contributed by atoms with E-state index in [1.54, 1.807) is 37.6 Å². The average molecular weight is 381 g/mol. The van der Waals surface area contributed by atoms with E-state index in [1.165, 1.54) is 0 Å². The second kappa shape index (κ2) is 9.16. The predicted octanol–water partition coefficient (Wildman–Crippen LogP) is 2.11. The summed E-state index contributed by atoms with van der Waals surface area (Å²) in [4.78, 5) is 17.0. The summed E-state index contributed by atoms with van der Waals surface area (Å²) in [6.45, 7) is 0.194. The first-order chi connectivity index (χ1) is 13.6. The number of hydrogen-bond donors (Lipinski definition) is 4. The Morgan fingerprint density at radius 1 is 1.11 bits per heavy atom. The first-order valence-electron chi connectivity index (χ1n) is 8.95. The molecule has 0 bridgehead atoms. The highest BCUT2D eigenvalue weighted by Gasteiger charge is 2.15. The molecule has 0 saturated heterocycles.